The summed E-state index contributed by atoms with van der Waals surface area (Å²) in [7, 11) is 2.04. The summed E-state index contributed by atoms with van der Waals surface area (Å²) in [5.41, 5.74) is 0.727. The molecule has 0 spiro atoms. The summed E-state index contributed by atoms with van der Waals surface area (Å²) >= 11 is -2.18. The highest BCUT2D eigenvalue weighted by Crippen LogP contribution is 2.31. The van der Waals surface area contributed by atoms with E-state index >= 15 is 0 Å². The van der Waals surface area contributed by atoms with Gasteiger partial charge in [0.15, 0.2) is 0 Å². The molecule has 2 aromatic rings. The molecule has 0 aliphatic heterocycles. The van der Waals surface area contributed by atoms with Crippen LogP contribution in [0.5, 0.6) is 0 Å². The molecule has 2 aromatic heterocycles. The minimum atomic E-state index is -2.18. The van der Waals surface area contributed by atoms with Crippen molar-refractivity contribution in [3.8, 4) is 0 Å². The fourth-order valence-corrected chi connectivity index (χ4v) is 3.85. The topological polar surface area (TPSA) is 106 Å². The molecule has 2 heterocycles. The van der Waals surface area contributed by atoms with Crippen molar-refractivity contribution in [3.05, 3.63) is 18.6 Å². The van der Waals surface area contributed by atoms with Crippen molar-refractivity contribution >= 4 is 28.1 Å². The van der Waals surface area contributed by atoms with E-state index in [0.717, 1.165) is 42.5 Å². The van der Waals surface area contributed by atoms with E-state index in [2.05, 4.69) is 19.6 Å². The third kappa shape index (κ3) is 3.59. The summed E-state index contributed by atoms with van der Waals surface area (Å²) in [5.74, 6) is 1.27. The predicted molar refractivity (Wildman–Crippen MR) is 90.8 cm³/mol. The van der Waals surface area contributed by atoms with Crippen LogP contribution in [0, 0.1) is 5.92 Å². The summed E-state index contributed by atoms with van der Waals surface area (Å²) in [6, 6.07) is 2.30. The molecule has 0 bridgehead atoms. The zero-order valence-electron chi connectivity index (χ0n) is 13.6. The Hall–Kier alpha value is -1.55. The fourth-order valence-electron chi connectivity index (χ4n) is 3.48. The highest BCUT2D eigenvalue weighted by molar-refractivity contribution is 7.77. The number of aliphatic hydroxyl groups excluding tert-OH is 1. The average molecular weight is 352 g/mol. The second kappa shape index (κ2) is 7.56. The lowest BCUT2D eigenvalue weighted by molar-refractivity contribution is 0.215. The normalized spacial score (nSPS) is 22.6. The molecule has 8 nitrogen and oxygen atoms in total. The molecule has 0 amide bonds. The predicted octanol–water partition coefficient (Wildman–Crippen LogP) is 0.760. The standard InChI is InChI=1S/C15H23N5O3S/c1-19(12-4-2-11(3-5-12)8-18-24(22)23)14-13-6-7-20(10-21)15(13)17-9-16-14/h6-7,9,11-12,18,21H,2-5,8,10H2,1H3,(H,22,23)/p-1. The van der Waals surface area contributed by atoms with Crippen LogP contribution >= 0.6 is 0 Å². The maximum absolute atomic E-state index is 10.6. The molecule has 1 fully saturated rings. The van der Waals surface area contributed by atoms with Gasteiger partial charge in [0.2, 0.25) is 0 Å². The summed E-state index contributed by atoms with van der Waals surface area (Å²) in [5, 5.41) is 10.3. The van der Waals surface area contributed by atoms with Gasteiger partial charge in [-0.15, -0.1) is 0 Å². The van der Waals surface area contributed by atoms with Gasteiger partial charge in [-0.3, -0.25) is 4.21 Å². The Morgan fingerprint density at radius 3 is 2.83 bits per heavy atom. The van der Waals surface area contributed by atoms with E-state index in [4.69, 9.17) is 0 Å². The average Bonchev–Trinajstić information content (AvgIpc) is 3.03. The minimum absolute atomic E-state index is 0.108. The molecule has 2 N–H and O–H groups in total. The van der Waals surface area contributed by atoms with Gasteiger partial charge in [-0.1, -0.05) is 0 Å². The summed E-state index contributed by atoms with van der Waals surface area (Å²) < 4.78 is 25.4. The van der Waals surface area contributed by atoms with Gasteiger partial charge in [0, 0.05) is 37.1 Å². The first-order valence-electron chi connectivity index (χ1n) is 8.06. The fraction of sp³-hybridized carbons (Fsp3) is 0.600. The van der Waals surface area contributed by atoms with Crippen LogP contribution in [0.2, 0.25) is 0 Å². The highest BCUT2D eigenvalue weighted by atomic mass is 32.2. The molecule has 132 valence electrons. The second-order valence-corrected chi connectivity index (χ2v) is 6.99. The molecule has 0 saturated heterocycles. The van der Waals surface area contributed by atoms with Crippen LogP contribution in [0.1, 0.15) is 25.7 Å². The monoisotopic (exact) mass is 352 g/mol. The number of aromatic nitrogens is 3. The Bertz CT molecular complexity index is 714. The van der Waals surface area contributed by atoms with E-state index < -0.39 is 11.3 Å². The molecule has 1 saturated carbocycles. The van der Waals surface area contributed by atoms with Crippen molar-refractivity contribution in [1.82, 2.24) is 19.3 Å². The lowest BCUT2D eigenvalue weighted by Gasteiger charge is -2.35. The van der Waals surface area contributed by atoms with Crippen LogP contribution in [0.15, 0.2) is 18.6 Å². The molecule has 0 radical (unpaired) electrons. The van der Waals surface area contributed by atoms with E-state index in [0.29, 0.717) is 18.5 Å². The highest BCUT2D eigenvalue weighted by Gasteiger charge is 2.26. The lowest BCUT2D eigenvalue weighted by atomic mass is 9.85. The van der Waals surface area contributed by atoms with Crippen molar-refractivity contribution in [1.29, 1.82) is 0 Å². The Balaban J connectivity index is 1.68. The zero-order valence-corrected chi connectivity index (χ0v) is 14.4. The summed E-state index contributed by atoms with van der Waals surface area (Å²) in [4.78, 5) is 10.9. The van der Waals surface area contributed by atoms with E-state index in [1.54, 1.807) is 4.57 Å². The van der Waals surface area contributed by atoms with E-state index in [-0.39, 0.29) is 6.73 Å². The van der Waals surface area contributed by atoms with Gasteiger partial charge in [0.05, 0.1) is 5.39 Å². The maximum atomic E-state index is 10.6. The first-order chi connectivity index (χ1) is 11.6. The number of rotatable bonds is 6. The largest absolute Gasteiger partial charge is 0.760 e. The van der Waals surface area contributed by atoms with E-state index in [9.17, 15) is 13.9 Å². The van der Waals surface area contributed by atoms with E-state index in [1.165, 1.54) is 6.33 Å². The smallest absolute Gasteiger partial charge is 0.147 e. The molecule has 0 aromatic carbocycles. The molecular weight excluding hydrogens is 330 g/mol. The van der Waals surface area contributed by atoms with Crippen LogP contribution in [-0.4, -0.2) is 48.0 Å². The van der Waals surface area contributed by atoms with Crippen molar-refractivity contribution in [3.63, 3.8) is 0 Å². The minimum Gasteiger partial charge on any atom is -0.760 e. The zero-order chi connectivity index (χ0) is 17.1. The lowest BCUT2D eigenvalue weighted by Crippen LogP contribution is -2.37. The number of fused-ring (bicyclic) bond motifs is 1. The van der Waals surface area contributed by atoms with Crippen LogP contribution in [0.4, 0.5) is 5.82 Å². The molecule has 1 aliphatic carbocycles. The molecule has 3 rings (SSSR count). The number of aliphatic hydroxyl groups is 1. The van der Waals surface area contributed by atoms with Gasteiger partial charge >= 0.3 is 0 Å². The molecule has 1 atom stereocenters. The van der Waals surface area contributed by atoms with Gasteiger partial charge in [-0.05, 0) is 37.7 Å². The van der Waals surface area contributed by atoms with Crippen molar-refractivity contribution < 1.29 is 13.9 Å². The molecular formula is C15H22N5O3S-. The van der Waals surface area contributed by atoms with Crippen molar-refractivity contribution in [2.24, 2.45) is 5.92 Å². The summed E-state index contributed by atoms with van der Waals surface area (Å²) in [6.45, 7) is 0.409. The molecule has 9 heteroatoms. The van der Waals surface area contributed by atoms with Crippen LogP contribution < -0.4 is 9.62 Å². The van der Waals surface area contributed by atoms with E-state index in [1.807, 2.05) is 19.3 Å². The van der Waals surface area contributed by atoms with Gasteiger partial charge < -0.3 is 19.1 Å². The number of nitrogens with zero attached hydrogens (tertiary/aromatic N) is 4. The first-order valence-corrected chi connectivity index (χ1v) is 9.14. The van der Waals surface area contributed by atoms with Crippen molar-refractivity contribution in [2.75, 3.05) is 18.5 Å². The van der Waals surface area contributed by atoms with Gasteiger partial charge in [-0.2, -0.15) is 0 Å². The number of hydrogen-bond donors (Lipinski definition) is 2. The number of anilines is 1. The van der Waals surface area contributed by atoms with Gasteiger partial charge in [-0.25, -0.2) is 14.7 Å². The van der Waals surface area contributed by atoms with Crippen LogP contribution in [-0.2, 0) is 18.0 Å². The Morgan fingerprint density at radius 1 is 1.42 bits per heavy atom. The Labute approximate surface area is 143 Å². The molecule has 1 aliphatic rings. The third-order valence-corrected chi connectivity index (χ3v) is 5.28. The number of nitrogens with one attached hydrogen (secondary N) is 1. The van der Waals surface area contributed by atoms with Crippen LogP contribution in [0.3, 0.4) is 0 Å². The first kappa shape index (κ1) is 17.3. The quantitative estimate of drug-likeness (QED) is 0.744. The Morgan fingerprint density at radius 2 is 2.17 bits per heavy atom. The Kier molecular flexibility index (Phi) is 5.44. The maximum Gasteiger partial charge on any atom is 0.147 e. The van der Waals surface area contributed by atoms with Crippen LogP contribution in [0.25, 0.3) is 11.0 Å². The third-order valence-electron chi connectivity index (χ3n) is 4.88. The molecule has 1 unspecified atom stereocenters. The van der Waals surface area contributed by atoms with Gasteiger partial charge in [0.25, 0.3) is 0 Å². The van der Waals surface area contributed by atoms with Gasteiger partial charge in [0.1, 0.15) is 24.5 Å². The second-order valence-electron chi connectivity index (χ2n) is 6.23. The SMILES string of the molecule is CN(c1ncnc2c1ccn2CO)C1CCC(CNS(=O)[O-])CC1. The number of hydrogen-bond acceptors (Lipinski definition) is 6. The summed E-state index contributed by atoms with van der Waals surface area (Å²) in [6.07, 6.45) is 7.32. The van der Waals surface area contributed by atoms with Crippen molar-refractivity contribution in [2.45, 2.75) is 38.5 Å². The molecule has 24 heavy (non-hydrogen) atoms.